The Hall–Kier alpha value is -3.69. The van der Waals surface area contributed by atoms with Crippen LogP contribution in [0.2, 0.25) is 0 Å². The van der Waals surface area contributed by atoms with Crippen LogP contribution in [0.1, 0.15) is 45.7 Å². The Kier molecular flexibility index (Phi) is 6.40. The third-order valence-electron chi connectivity index (χ3n) is 6.38. The number of carbonyl (C=O) groups excluding carboxylic acids is 4. The van der Waals surface area contributed by atoms with Gasteiger partial charge in [-0.15, -0.1) is 0 Å². The number of aromatic nitrogens is 2. The van der Waals surface area contributed by atoms with Crippen molar-refractivity contribution in [3.8, 4) is 5.69 Å². The molecule has 35 heavy (non-hydrogen) atoms. The van der Waals surface area contributed by atoms with Crippen LogP contribution in [0, 0.1) is 18.3 Å². The first kappa shape index (κ1) is 24.4. The predicted octanol–water partition coefficient (Wildman–Crippen LogP) is 2.80. The first-order chi connectivity index (χ1) is 16.5. The normalized spacial score (nSPS) is 23.3. The average molecular weight is 482 g/mol. The zero-order chi connectivity index (χ0) is 25.4. The zero-order valence-corrected chi connectivity index (χ0v) is 20.5. The van der Waals surface area contributed by atoms with E-state index < -0.39 is 42.5 Å². The summed E-state index contributed by atoms with van der Waals surface area (Å²) in [4.78, 5) is 51.5. The molecule has 4 rings (SSSR count). The molecule has 1 aromatic heterocycles. The van der Waals surface area contributed by atoms with Crippen molar-refractivity contribution in [2.24, 2.45) is 11.3 Å². The van der Waals surface area contributed by atoms with Gasteiger partial charge in [0.25, 0.3) is 11.8 Å². The monoisotopic (exact) mass is 481 g/mol. The van der Waals surface area contributed by atoms with Crippen LogP contribution < -0.4 is 10.6 Å². The number of nitrogens with one attached hydrogen (secondary N) is 2. The molecule has 2 N–H and O–H groups in total. The van der Waals surface area contributed by atoms with Crippen molar-refractivity contribution in [2.45, 2.75) is 52.5 Å². The van der Waals surface area contributed by atoms with Crippen molar-refractivity contribution < 1.29 is 23.9 Å². The molecule has 1 unspecified atom stereocenters. The maximum Gasteiger partial charge on any atom is 0.326 e. The van der Waals surface area contributed by atoms with E-state index in [1.807, 2.05) is 30.3 Å². The molecule has 1 aliphatic carbocycles. The summed E-state index contributed by atoms with van der Waals surface area (Å²) in [5, 5.41) is 9.88. The summed E-state index contributed by atoms with van der Waals surface area (Å²) >= 11 is 0. The highest BCUT2D eigenvalue weighted by atomic mass is 16.5. The molecule has 2 aromatic rings. The topological polar surface area (TPSA) is 123 Å². The highest BCUT2D eigenvalue weighted by Gasteiger charge is 2.56. The highest BCUT2D eigenvalue weighted by molar-refractivity contribution is 6.09. The molecule has 0 radical (unpaired) electrons. The van der Waals surface area contributed by atoms with E-state index in [-0.39, 0.29) is 11.3 Å². The van der Waals surface area contributed by atoms with E-state index in [1.54, 1.807) is 17.7 Å². The van der Waals surface area contributed by atoms with Gasteiger partial charge in [0, 0.05) is 6.07 Å². The molecule has 2 fully saturated rings. The molecule has 186 valence electrons. The first-order valence-corrected chi connectivity index (χ1v) is 11.7. The maximum absolute atomic E-state index is 13.2. The molecule has 2 heterocycles. The predicted molar refractivity (Wildman–Crippen MR) is 128 cm³/mol. The third-order valence-corrected chi connectivity index (χ3v) is 6.38. The summed E-state index contributed by atoms with van der Waals surface area (Å²) in [6.45, 7) is 6.90. The van der Waals surface area contributed by atoms with Crippen LogP contribution in [0.3, 0.4) is 0 Å². The molecule has 1 saturated heterocycles. The second kappa shape index (κ2) is 9.16. The number of hydrogen-bond donors (Lipinski definition) is 2. The lowest BCUT2D eigenvalue weighted by Crippen LogP contribution is -2.54. The molecular formula is C25H31N5O5. The fourth-order valence-corrected chi connectivity index (χ4v) is 5.50. The van der Waals surface area contributed by atoms with Gasteiger partial charge in [-0.05, 0) is 49.7 Å². The van der Waals surface area contributed by atoms with Crippen LogP contribution in [-0.2, 0) is 19.1 Å². The molecule has 4 amide bonds. The second-order valence-corrected chi connectivity index (χ2v) is 10.4. The van der Waals surface area contributed by atoms with E-state index in [9.17, 15) is 19.2 Å². The van der Waals surface area contributed by atoms with Gasteiger partial charge in [0.2, 0.25) is 0 Å². The van der Waals surface area contributed by atoms with Gasteiger partial charge < -0.3 is 15.4 Å². The van der Waals surface area contributed by atoms with E-state index in [0.29, 0.717) is 24.4 Å². The lowest BCUT2D eigenvalue weighted by molar-refractivity contribution is -0.150. The van der Waals surface area contributed by atoms with E-state index >= 15 is 0 Å². The average Bonchev–Trinajstić information content (AvgIpc) is 3.23. The minimum Gasteiger partial charge on any atom is -0.454 e. The van der Waals surface area contributed by atoms with Crippen molar-refractivity contribution in [3.63, 3.8) is 0 Å². The Morgan fingerprint density at radius 3 is 2.60 bits per heavy atom. The van der Waals surface area contributed by atoms with Gasteiger partial charge in [-0.25, -0.2) is 9.48 Å². The minimum atomic E-state index is -0.996. The number of rotatable bonds is 6. The van der Waals surface area contributed by atoms with Crippen molar-refractivity contribution in [2.75, 3.05) is 18.5 Å². The summed E-state index contributed by atoms with van der Waals surface area (Å²) in [6.07, 6.45) is 2.00. The van der Waals surface area contributed by atoms with Gasteiger partial charge >= 0.3 is 12.0 Å². The maximum atomic E-state index is 13.2. The Labute approximate surface area is 204 Å². The fraction of sp³-hybridized carbons (Fsp3) is 0.480. The second-order valence-electron chi connectivity index (χ2n) is 10.4. The molecule has 1 aliphatic heterocycles. The highest BCUT2D eigenvalue weighted by Crippen LogP contribution is 2.46. The number of amides is 4. The number of ether oxygens (including phenoxy) is 1. The molecule has 10 heteroatoms. The van der Waals surface area contributed by atoms with Crippen LogP contribution in [0.25, 0.3) is 5.69 Å². The van der Waals surface area contributed by atoms with E-state index in [2.05, 4.69) is 36.5 Å². The lowest BCUT2D eigenvalue weighted by atomic mass is 9.64. The summed E-state index contributed by atoms with van der Waals surface area (Å²) in [6, 6.07) is 10.4. The summed E-state index contributed by atoms with van der Waals surface area (Å²) in [5.74, 6) is -1.12. The van der Waals surface area contributed by atoms with Gasteiger partial charge in [-0.1, -0.05) is 39.0 Å². The standard InChI is InChI=1S/C25H31N5O5/c1-16-11-24(3,4)15-25(12-16)22(33)29(23(34)27-25)13-21(32)35-14-20(31)26-19-10-17(2)28-30(19)18-8-6-5-7-9-18/h5-10,16H,11-15H2,1-4H3,(H,26,31)(H,27,34)/t16?,25-/m0/s1. The van der Waals surface area contributed by atoms with Gasteiger partial charge in [0.1, 0.15) is 17.9 Å². The van der Waals surface area contributed by atoms with Crippen molar-refractivity contribution in [1.29, 1.82) is 0 Å². The summed E-state index contributed by atoms with van der Waals surface area (Å²) in [7, 11) is 0. The third kappa shape index (κ3) is 5.21. The molecule has 0 bridgehead atoms. The van der Waals surface area contributed by atoms with E-state index in [0.717, 1.165) is 17.0 Å². The molecule has 2 aliphatic rings. The molecule has 2 atom stereocenters. The van der Waals surface area contributed by atoms with Crippen LogP contribution in [0.4, 0.5) is 10.6 Å². The number of hydrogen-bond acceptors (Lipinski definition) is 6. The Balaban J connectivity index is 1.34. The van der Waals surface area contributed by atoms with Crippen molar-refractivity contribution in [3.05, 3.63) is 42.1 Å². The number of anilines is 1. The molecule has 1 spiro atoms. The minimum absolute atomic E-state index is 0.111. The van der Waals surface area contributed by atoms with Gasteiger partial charge in [-0.2, -0.15) is 5.10 Å². The molecular weight excluding hydrogens is 450 g/mol. The van der Waals surface area contributed by atoms with Gasteiger partial charge in [0.05, 0.1) is 11.4 Å². The van der Waals surface area contributed by atoms with Gasteiger partial charge in [0.15, 0.2) is 6.61 Å². The number of para-hydroxylation sites is 1. The van der Waals surface area contributed by atoms with Crippen LogP contribution in [-0.4, -0.2) is 57.2 Å². The summed E-state index contributed by atoms with van der Waals surface area (Å²) in [5.41, 5.74) is 0.359. The zero-order valence-electron chi connectivity index (χ0n) is 20.5. The number of benzene rings is 1. The molecule has 1 aromatic carbocycles. The van der Waals surface area contributed by atoms with Crippen LogP contribution in [0.15, 0.2) is 36.4 Å². The first-order valence-electron chi connectivity index (χ1n) is 11.7. The van der Waals surface area contributed by atoms with E-state index in [4.69, 9.17) is 4.74 Å². The largest absolute Gasteiger partial charge is 0.454 e. The van der Waals surface area contributed by atoms with E-state index in [1.165, 1.54) is 0 Å². The molecule has 10 nitrogen and oxygen atoms in total. The van der Waals surface area contributed by atoms with Crippen molar-refractivity contribution >= 4 is 29.6 Å². The lowest BCUT2D eigenvalue weighted by Gasteiger charge is -2.43. The fourth-order valence-electron chi connectivity index (χ4n) is 5.50. The van der Waals surface area contributed by atoms with Gasteiger partial charge in [-0.3, -0.25) is 19.3 Å². The number of esters is 1. The SMILES string of the molecule is Cc1cc(NC(=O)COC(=O)CN2C(=O)N[C@]3(CC(C)CC(C)(C)C3)C2=O)n(-c2ccccc2)n1. The Morgan fingerprint density at radius 1 is 1.20 bits per heavy atom. The number of urea groups is 1. The number of imide groups is 1. The Bertz CT molecular complexity index is 1160. The van der Waals surface area contributed by atoms with Crippen LogP contribution in [0.5, 0.6) is 0 Å². The van der Waals surface area contributed by atoms with Crippen molar-refractivity contribution in [1.82, 2.24) is 20.0 Å². The quantitative estimate of drug-likeness (QED) is 0.483. The number of aryl methyl sites for hydroxylation is 1. The molecule has 1 saturated carbocycles. The summed E-state index contributed by atoms with van der Waals surface area (Å²) < 4.78 is 6.65. The smallest absolute Gasteiger partial charge is 0.326 e. The Morgan fingerprint density at radius 2 is 1.91 bits per heavy atom. The van der Waals surface area contributed by atoms with Crippen LogP contribution >= 0.6 is 0 Å². The number of nitrogens with zero attached hydrogens (tertiary/aromatic N) is 3. The number of carbonyl (C=O) groups is 4.